The van der Waals surface area contributed by atoms with Gasteiger partial charge in [-0.25, -0.2) is 4.79 Å². The predicted molar refractivity (Wildman–Crippen MR) is 94.2 cm³/mol. The molecule has 1 amide bonds. The number of fused-ring (bicyclic) bond motifs is 1. The minimum absolute atomic E-state index is 0.321. The van der Waals surface area contributed by atoms with Crippen LogP contribution in [0.1, 0.15) is 50.2 Å². The van der Waals surface area contributed by atoms with Crippen LogP contribution < -0.4 is 4.74 Å². The summed E-state index contributed by atoms with van der Waals surface area (Å²) in [7, 11) is 3.40. The van der Waals surface area contributed by atoms with Gasteiger partial charge in [-0.05, 0) is 68.0 Å². The summed E-state index contributed by atoms with van der Waals surface area (Å²) in [6.07, 6.45) is 4.40. The predicted octanol–water partition coefficient (Wildman–Crippen LogP) is 3.90. The average Bonchev–Trinajstić information content (AvgIpc) is 2.90. The number of carbonyl (C=O) groups excluding carboxylic acids is 1. The fraction of sp³-hybridized carbons (Fsp3) is 0.632. The van der Waals surface area contributed by atoms with Gasteiger partial charge in [-0.3, -0.25) is 0 Å². The van der Waals surface area contributed by atoms with E-state index >= 15 is 0 Å². The van der Waals surface area contributed by atoms with E-state index in [1.165, 1.54) is 35.3 Å². The fourth-order valence-electron chi connectivity index (χ4n) is 3.35. The van der Waals surface area contributed by atoms with E-state index < -0.39 is 0 Å². The lowest BCUT2D eigenvalue weighted by Crippen LogP contribution is -2.29. The number of carbonyl (C=O) groups is 1. The minimum Gasteiger partial charge on any atom is -0.410 e. The maximum atomic E-state index is 11.7. The molecule has 1 atom stereocenters. The van der Waals surface area contributed by atoms with Crippen LogP contribution in [0.3, 0.4) is 0 Å². The van der Waals surface area contributed by atoms with Crippen molar-refractivity contribution in [2.75, 3.05) is 33.7 Å². The lowest BCUT2D eigenvalue weighted by molar-refractivity contribution is 0.172. The van der Waals surface area contributed by atoms with Crippen molar-refractivity contribution in [2.45, 2.75) is 45.4 Å². The summed E-state index contributed by atoms with van der Waals surface area (Å²) >= 11 is 0. The number of hydrogen-bond donors (Lipinski definition) is 0. The molecule has 0 heterocycles. The molecule has 0 N–H and O–H groups in total. The Bertz CT molecular complexity index is 522. The molecular weight excluding hydrogens is 288 g/mol. The zero-order valence-electron chi connectivity index (χ0n) is 15.0. The summed E-state index contributed by atoms with van der Waals surface area (Å²) in [4.78, 5) is 15.8. The van der Waals surface area contributed by atoms with Gasteiger partial charge in [0.15, 0.2) is 0 Å². The standard InChI is InChI=1S/C19H30N2O2/c1-5-11-21(12-6-2)14-16-8-7-15-9-10-17(13-18(15)16)23-19(22)20(3)4/h9-10,13,16H,5-8,11-12,14H2,1-4H3. The number of ether oxygens (including phenoxy) is 1. The number of benzene rings is 1. The van der Waals surface area contributed by atoms with Crippen LogP contribution in [0.25, 0.3) is 0 Å². The van der Waals surface area contributed by atoms with Crippen LogP contribution in [0, 0.1) is 0 Å². The van der Waals surface area contributed by atoms with E-state index in [0.29, 0.717) is 11.7 Å². The topological polar surface area (TPSA) is 32.8 Å². The molecule has 1 unspecified atom stereocenters. The number of nitrogens with zero attached hydrogens (tertiary/aromatic N) is 2. The molecule has 0 aliphatic heterocycles. The first-order valence-electron chi connectivity index (χ1n) is 8.79. The third-order valence-corrected chi connectivity index (χ3v) is 4.45. The van der Waals surface area contributed by atoms with Gasteiger partial charge in [-0.2, -0.15) is 0 Å². The highest BCUT2D eigenvalue weighted by atomic mass is 16.6. The molecule has 0 bridgehead atoms. The summed E-state index contributed by atoms with van der Waals surface area (Å²) in [5.41, 5.74) is 2.78. The second-order valence-electron chi connectivity index (χ2n) is 6.66. The van der Waals surface area contributed by atoms with Crippen molar-refractivity contribution in [3.05, 3.63) is 29.3 Å². The first kappa shape index (κ1) is 17.8. The number of rotatable bonds is 7. The van der Waals surface area contributed by atoms with E-state index in [4.69, 9.17) is 4.74 Å². The van der Waals surface area contributed by atoms with Crippen LogP contribution in [-0.4, -0.2) is 49.6 Å². The second kappa shape index (κ2) is 8.34. The SMILES string of the molecule is CCCN(CCC)CC1CCc2ccc(OC(=O)N(C)C)cc21. The van der Waals surface area contributed by atoms with E-state index in [1.54, 1.807) is 14.1 Å². The molecule has 0 radical (unpaired) electrons. The van der Waals surface area contributed by atoms with Gasteiger partial charge in [-0.15, -0.1) is 0 Å². The maximum absolute atomic E-state index is 11.7. The molecule has 1 aromatic rings. The van der Waals surface area contributed by atoms with Gasteiger partial charge >= 0.3 is 6.09 Å². The van der Waals surface area contributed by atoms with Gasteiger partial charge < -0.3 is 14.5 Å². The van der Waals surface area contributed by atoms with Gasteiger partial charge in [0, 0.05) is 20.6 Å². The Balaban J connectivity index is 2.09. The normalized spacial score (nSPS) is 16.5. The van der Waals surface area contributed by atoms with Gasteiger partial charge in [0.25, 0.3) is 0 Å². The van der Waals surface area contributed by atoms with Crippen LogP contribution in [-0.2, 0) is 6.42 Å². The summed E-state index contributed by atoms with van der Waals surface area (Å²) in [5.74, 6) is 1.22. The highest BCUT2D eigenvalue weighted by molar-refractivity contribution is 5.70. The Morgan fingerprint density at radius 3 is 2.52 bits per heavy atom. The third-order valence-electron chi connectivity index (χ3n) is 4.45. The Morgan fingerprint density at radius 1 is 1.22 bits per heavy atom. The summed E-state index contributed by atoms with van der Waals surface area (Å²) in [6.45, 7) is 7.91. The molecule has 128 valence electrons. The Morgan fingerprint density at radius 2 is 1.91 bits per heavy atom. The summed E-state index contributed by atoms with van der Waals surface area (Å²) in [5, 5.41) is 0. The molecule has 0 aromatic heterocycles. The van der Waals surface area contributed by atoms with Gasteiger partial charge in [0.1, 0.15) is 5.75 Å². The van der Waals surface area contributed by atoms with Crippen LogP contribution >= 0.6 is 0 Å². The Labute approximate surface area is 140 Å². The zero-order valence-corrected chi connectivity index (χ0v) is 15.0. The molecule has 1 aliphatic carbocycles. The highest BCUT2D eigenvalue weighted by Gasteiger charge is 2.25. The van der Waals surface area contributed by atoms with E-state index in [-0.39, 0.29) is 6.09 Å². The first-order chi connectivity index (χ1) is 11.0. The number of aryl methyl sites for hydroxylation is 1. The molecule has 0 saturated heterocycles. The van der Waals surface area contributed by atoms with E-state index in [2.05, 4.69) is 30.9 Å². The number of hydrogen-bond acceptors (Lipinski definition) is 3. The number of amides is 1. The fourth-order valence-corrected chi connectivity index (χ4v) is 3.35. The molecule has 4 nitrogen and oxygen atoms in total. The monoisotopic (exact) mass is 318 g/mol. The quantitative estimate of drug-likeness (QED) is 0.764. The molecular formula is C19H30N2O2. The summed E-state index contributed by atoms with van der Waals surface area (Å²) < 4.78 is 5.42. The molecule has 0 spiro atoms. The van der Waals surface area contributed by atoms with Gasteiger partial charge in [0.2, 0.25) is 0 Å². The minimum atomic E-state index is -0.321. The average molecular weight is 318 g/mol. The molecule has 1 aromatic carbocycles. The second-order valence-corrected chi connectivity index (χ2v) is 6.66. The van der Waals surface area contributed by atoms with Crippen molar-refractivity contribution in [3.63, 3.8) is 0 Å². The van der Waals surface area contributed by atoms with Crippen molar-refractivity contribution < 1.29 is 9.53 Å². The van der Waals surface area contributed by atoms with Crippen LogP contribution in [0.5, 0.6) is 5.75 Å². The molecule has 0 saturated carbocycles. The molecule has 0 fully saturated rings. The third kappa shape index (κ3) is 4.71. The van der Waals surface area contributed by atoms with Gasteiger partial charge in [0.05, 0.1) is 0 Å². The lowest BCUT2D eigenvalue weighted by atomic mass is 10.00. The summed E-state index contributed by atoms with van der Waals surface area (Å²) in [6, 6.07) is 6.11. The van der Waals surface area contributed by atoms with Crippen molar-refractivity contribution >= 4 is 6.09 Å². The maximum Gasteiger partial charge on any atom is 0.414 e. The van der Waals surface area contributed by atoms with E-state index in [0.717, 1.165) is 26.1 Å². The smallest absolute Gasteiger partial charge is 0.410 e. The highest BCUT2D eigenvalue weighted by Crippen LogP contribution is 2.36. The largest absolute Gasteiger partial charge is 0.414 e. The van der Waals surface area contributed by atoms with E-state index in [1.807, 2.05) is 6.07 Å². The van der Waals surface area contributed by atoms with E-state index in [9.17, 15) is 4.79 Å². The van der Waals surface area contributed by atoms with Crippen molar-refractivity contribution in [2.24, 2.45) is 0 Å². The van der Waals surface area contributed by atoms with Crippen molar-refractivity contribution in [1.82, 2.24) is 9.80 Å². The first-order valence-corrected chi connectivity index (χ1v) is 8.79. The van der Waals surface area contributed by atoms with Crippen LogP contribution in [0.15, 0.2) is 18.2 Å². The Kier molecular flexibility index (Phi) is 6.46. The molecule has 4 heteroatoms. The Hall–Kier alpha value is -1.55. The molecule has 23 heavy (non-hydrogen) atoms. The zero-order chi connectivity index (χ0) is 16.8. The molecule has 1 aliphatic rings. The van der Waals surface area contributed by atoms with Crippen molar-refractivity contribution in [3.8, 4) is 5.75 Å². The van der Waals surface area contributed by atoms with Gasteiger partial charge in [-0.1, -0.05) is 19.9 Å². The van der Waals surface area contributed by atoms with Crippen molar-refractivity contribution in [1.29, 1.82) is 0 Å². The van der Waals surface area contributed by atoms with Crippen LogP contribution in [0.2, 0.25) is 0 Å². The van der Waals surface area contributed by atoms with Crippen LogP contribution in [0.4, 0.5) is 4.79 Å². The lowest BCUT2D eigenvalue weighted by Gasteiger charge is -2.25. The molecule has 2 rings (SSSR count).